The average molecular weight is 427 g/mol. The van der Waals surface area contributed by atoms with Crippen LogP contribution in [-0.2, 0) is 17.8 Å². The monoisotopic (exact) mass is 426 g/mol. The lowest BCUT2D eigenvalue weighted by atomic mass is 9.93. The molecule has 0 aromatic heterocycles. The number of carbonyl (C=O) groups excluding carboxylic acids is 1. The van der Waals surface area contributed by atoms with Crippen molar-refractivity contribution in [2.75, 3.05) is 11.9 Å². The maximum absolute atomic E-state index is 12.7. The molecule has 1 aliphatic rings. The number of nitrogens with two attached hydrogens (primary N) is 1. The summed E-state index contributed by atoms with van der Waals surface area (Å²) in [5.74, 6) is 0.0988. The molecule has 31 heavy (non-hydrogen) atoms. The van der Waals surface area contributed by atoms with E-state index in [9.17, 15) is 4.79 Å². The highest BCUT2D eigenvalue weighted by molar-refractivity contribution is 6.01. The molecule has 2 aromatic carbocycles. The van der Waals surface area contributed by atoms with Crippen LogP contribution in [0.4, 0.5) is 5.69 Å². The maximum Gasteiger partial charge on any atom is 0.227 e. The third kappa shape index (κ3) is 6.34. The first kappa shape index (κ1) is 28.2. The van der Waals surface area contributed by atoms with Crippen molar-refractivity contribution in [3.63, 3.8) is 0 Å². The third-order valence-electron chi connectivity index (χ3n) is 4.92. The predicted octanol–water partition coefficient (Wildman–Crippen LogP) is 6.11. The van der Waals surface area contributed by atoms with Gasteiger partial charge < -0.3 is 22.1 Å². The third-order valence-corrected chi connectivity index (χ3v) is 4.92. The number of amides is 1. The van der Waals surface area contributed by atoms with Gasteiger partial charge in [-0.25, -0.2) is 0 Å². The topological polar surface area (TPSA) is 93.4 Å². The Bertz CT molecular complexity index is 858. The van der Waals surface area contributed by atoms with Crippen molar-refractivity contribution in [2.24, 2.45) is 5.73 Å². The van der Waals surface area contributed by atoms with Gasteiger partial charge in [0.05, 0.1) is 23.6 Å². The molecule has 1 amide bonds. The van der Waals surface area contributed by atoms with Crippen LogP contribution in [0.5, 0.6) is 0 Å². The standard InChI is InChI=1S/C22H27N3O.2C2H6.H3N/c1-4-8-15-11-12-16-14-25(20(26)5-2)19-10-7-6-9-17(19)21(23)22(24-3)18(16)13-15;2*1-2;/h6-7,9-13,24H,4-5,8,14,23H2,1-3H3;2*1-2H3;1H3/b22-21-;;;. The molecule has 0 aliphatic carbocycles. The van der Waals surface area contributed by atoms with Crippen LogP contribution in [0.25, 0.3) is 11.4 Å². The molecule has 6 N–H and O–H groups in total. The van der Waals surface area contributed by atoms with Gasteiger partial charge in [0.1, 0.15) is 0 Å². The fourth-order valence-electron chi connectivity index (χ4n) is 3.59. The summed E-state index contributed by atoms with van der Waals surface area (Å²) >= 11 is 0. The molecule has 0 saturated heterocycles. The summed E-state index contributed by atoms with van der Waals surface area (Å²) in [7, 11) is 1.90. The Kier molecular flexibility index (Phi) is 13.0. The van der Waals surface area contributed by atoms with Gasteiger partial charge in [-0.1, -0.05) is 78.3 Å². The molecule has 0 unspecified atom stereocenters. The second-order valence-corrected chi connectivity index (χ2v) is 6.63. The van der Waals surface area contributed by atoms with Crippen LogP contribution in [0.2, 0.25) is 0 Å². The summed E-state index contributed by atoms with van der Waals surface area (Å²) in [6, 6.07) is 14.4. The van der Waals surface area contributed by atoms with Gasteiger partial charge in [0.15, 0.2) is 0 Å². The molecule has 1 aliphatic heterocycles. The zero-order chi connectivity index (χ0) is 22.7. The minimum atomic E-state index is 0. The molecule has 5 heteroatoms. The predicted molar refractivity (Wildman–Crippen MR) is 136 cm³/mol. The summed E-state index contributed by atoms with van der Waals surface area (Å²) in [4.78, 5) is 14.5. The molecule has 0 atom stereocenters. The molecule has 0 saturated carbocycles. The minimum Gasteiger partial charge on any atom is -0.396 e. The number of carbonyl (C=O) groups is 1. The molecule has 5 nitrogen and oxygen atoms in total. The van der Waals surface area contributed by atoms with Crippen molar-refractivity contribution >= 4 is 23.0 Å². The summed E-state index contributed by atoms with van der Waals surface area (Å²) in [6.45, 7) is 12.6. The number of benzene rings is 2. The van der Waals surface area contributed by atoms with E-state index in [1.54, 1.807) is 0 Å². The molecule has 3 rings (SSSR count). The van der Waals surface area contributed by atoms with Crippen LogP contribution < -0.4 is 22.1 Å². The highest BCUT2D eigenvalue weighted by atomic mass is 16.2. The largest absolute Gasteiger partial charge is 0.396 e. The fraction of sp³-hybridized carbons (Fsp3) is 0.423. The number of hydrogen-bond donors (Lipinski definition) is 3. The zero-order valence-corrected chi connectivity index (χ0v) is 20.5. The summed E-state index contributed by atoms with van der Waals surface area (Å²) in [6.07, 6.45) is 2.58. The number of rotatable bonds is 4. The van der Waals surface area contributed by atoms with Crippen LogP contribution in [0.3, 0.4) is 0 Å². The lowest BCUT2D eigenvalue weighted by molar-refractivity contribution is -0.118. The average Bonchev–Trinajstić information content (AvgIpc) is 2.80. The summed E-state index contributed by atoms with van der Waals surface area (Å²) < 4.78 is 0. The number of hydrogen-bond acceptors (Lipinski definition) is 4. The van der Waals surface area contributed by atoms with E-state index in [-0.39, 0.29) is 12.1 Å². The molecule has 0 spiro atoms. The highest BCUT2D eigenvalue weighted by Crippen LogP contribution is 2.35. The van der Waals surface area contributed by atoms with Gasteiger partial charge in [-0.3, -0.25) is 4.79 Å². The second kappa shape index (κ2) is 14.3. The van der Waals surface area contributed by atoms with Gasteiger partial charge in [0.25, 0.3) is 0 Å². The van der Waals surface area contributed by atoms with Gasteiger partial charge in [-0.15, -0.1) is 0 Å². The zero-order valence-electron chi connectivity index (χ0n) is 20.5. The van der Waals surface area contributed by atoms with E-state index in [0.717, 1.165) is 40.9 Å². The van der Waals surface area contributed by atoms with Crippen LogP contribution in [0.1, 0.15) is 76.6 Å². The lowest BCUT2D eigenvalue weighted by Crippen LogP contribution is -2.32. The van der Waals surface area contributed by atoms with Gasteiger partial charge in [0.2, 0.25) is 5.91 Å². The second-order valence-electron chi connectivity index (χ2n) is 6.63. The van der Waals surface area contributed by atoms with E-state index in [4.69, 9.17) is 5.73 Å². The van der Waals surface area contributed by atoms with Crippen molar-refractivity contribution in [1.29, 1.82) is 0 Å². The Hall–Kier alpha value is -2.79. The lowest BCUT2D eigenvalue weighted by Gasteiger charge is -2.30. The molecule has 0 radical (unpaired) electrons. The summed E-state index contributed by atoms with van der Waals surface area (Å²) in [5.41, 5.74) is 13.4. The first-order chi connectivity index (χ1) is 14.6. The van der Waals surface area contributed by atoms with Crippen LogP contribution in [-0.4, -0.2) is 13.0 Å². The Balaban J connectivity index is 0.00000170. The van der Waals surface area contributed by atoms with Crippen molar-refractivity contribution in [1.82, 2.24) is 11.5 Å². The Morgan fingerprint density at radius 3 is 2.26 bits per heavy atom. The number of para-hydroxylation sites is 1. The first-order valence-corrected chi connectivity index (χ1v) is 11.3. The fourth-order valence-corrected chi connectivity index (χ4v) is 3.59. The minimum absolute atomic E-state index is 0. The van der Waals surface area contributed by atoms with Crippen molar-refractivity contribution < 1.29 is 4.79 Å². The van der Waals surface area contributed by atoms with Crippen molar-refractivity contribution in [3.8, 4) is 0 Å². The number of anilines is 1. The van der Waals surface area contributed by atoms with E-state index in [0.29, 0.717) is 18.7 Å². The SMILES string of the molecule is CC.CC.CCCc1ccc2c(c1)/C(NC)=C(/N)c1ccccc1N(C(=O)CC)C2.N. The Morgan fingerprint density at radius 1 is 1.03 bits per heavy atom. The Labute approximate surface area is 189 Å². The molecule has 2 aromatic rings. The van der Waals surface area contributed by atoms with Gasteiger partial charge in [0, 0.05) is 24.6 Å². The van der Waals surface area contributed by atoms with E-state index in [1.165, 1.54) is 5.56 Å². The molecule has 0 fully saturated rings. The van der Waals surface area contributed by atoms with Crippen LogP contribution in [0, 0.1) is 0 Å². The number of fused-ring (bicyclic) bond motifs is 2. The van der Waals surface area contributed by atoms with Gasteiger partial charge in [-0.2, -0.15) is 0 Å². The van der Waals surface area contributed by atoms with Crippen molar-refractivity contribution in [2.45, 2.75) is 67.3 Å². The van der Waals surface area contributed by atoms with Gasteiger partial charge >= 0.3 is 0 Å². The molecule has 172 valence electrons. The number of aryl methyl sites for hydroxylation is 1. The normalized spacial score (nSPS) is 14.1. The molecule has 1 heterocycles. The number of nitrogens with one attached hydrogen (secondary N) is 1. The van der Waals surface area contributed by atoms with Gasteiger partial charge in [-0.05, 0) is 29.7 Å². The van der Waals surface area contributed by atoms with Crippen LogP contribution in [0.15, 0.2) is 42.5 Å². The molecular formula is C26H42N4O. The highest BCUT2D eigenvalue weighted by Gasteiger charge is 2.25. The maximum atomic E-state index is 12.7. The molecular weight excluding hydrogens is 384 g/mol. The quantitative estimate of drug-likeness (QED) is 0.549. The van der Waals surface area contributed by atoms with Crippen molar-refractivity contribution in [3.05, 3.63) is 64.7 Å². The molecule has 0 bridgehead atoms. The van der Waals surface area contributed by atoms with E-state index in [1.807, 2.05) is 70.8 Å². The van der Waals surface area contributed by atoms with E-state index in [2.05, 4.69) is 30.4 Å². The summed E-state index contributed by atoms with van der Waals surface area (Å²) in [5, 5.41) is 3.30. The Morgan fingerprint density at radius 2 is 1.68 bits per heavy atom. The first-order valence-electron chi connectivity index (χ1n) is 11.3. The number of nitrogens with zero attached hydrogens (tertiary/aromatic N) is 1. The smallest absolute Gasteiger partial charge is 0.227 e. The van der Waals surface area contributed by atoms with Crippen LogP contribution >= 0.6 is 0 Å². The van der Waals surface area contributed by atoms with E-state index < -0.39 is 0 Å². The van der Waals surface area contributed by atoms with E-state index >= 15 is 0 Å².